The first-order valence-electron chi connectivity index (χ1n) is 9.34. The first-order chi connectivity index (χ1) is 14.2. The molecule has 2 aliphatic rings. The molecule has 1 unspecified atom stereocenters. The van der Waals surface area contributed by atoms with E-state index >= 15 is 0 Å². The normalized spacial score (nSPS) is 21.1. The molecular formula is C19H19ClF3N3O4. The van der Waals surface area contributed by atoms with Crippen molar-refractivity contribution in [2.45, 2.75) is 37.6 Å². The van der Waals surface area contributed by atoms with Crippen LogP contribution in [0.2, 0.25) is 5.02 Å². The van der Waals surface area contributed by atoms with Crippen LogP contribution in [0.5, 0.6) is 11.6 Å². The zero-order valence-corrected chi connectivity index (χ0v) is 16.5. The Hall–Kier alpha value is -2.46. The van der Waals surface area contributed by atoms with Gasteiger partial charge in [0.25, 0.3) is 5.91 Å². The topological polar surface area (TPSA) is 88.6 Å². The Kier molecular flexibility index (Phi) is 5.54. The van der Waals surface area contributed by atoms with Crippen molar-refractivity contribution in [3.63, 3.8) is 0 Å². The number of carbonyl (C=O) groups is 1. The Morgan fingerprint density at radius 3 is 2.87 bits per heavy atom. The largest absolute Gasteiger partial charge is 0.493 e. The number of amides is 1. The zero-order chi connectivity index (χ0) is 21.5. The number of rotatable bonds is 4. The molecule has 4 rings (SSSR count). The molecule has 0 saturated carbocycles. The first-order valence-corrected chi connectivity index (χ1v) is 9.72. The summed E-state index contributed by atoms with van der Waals surface area (Å²) in [6.07, 6.45) is -4.40. The molecule has 1 amide bonds. The lowest BCUT2D eigenvalue weighted by atomic mass is 9.90. The van der Waals surface area contributed by atoms with E-state index in [1.54, 1.807) is 18.2 Å². The van der Waals surface area contributed by atoms with Crippen LogP contribution in [0.25, 0.3) is 0 Å². The van der Waals surface area contributed by atoms with Gasteiger partial charge in [0.15, 0.2) is 5.69 Å². The molecule has 0 aliphatic carbocycles. The van der Waals surface area contributed by atoms with Gasteiger partial charge in [0.1, 0.15) is 19.0 Å². The smallest absolute Gasteiger partial charge is 0.411 e. The third kappa shape index (κ3) is 4.34. The van der Waals surface area contributed by atoms with E-state index in [0.717, 1.165) is 5.56 Å². The van der Waals surface area contributed by atoms with E-state index in [9.17, 15) is 18.0 Å². The molecule has 3 heterocycles. The van der Waals surface area contributed by atoms with Crippen LogP contribution in [0.15, 0.2) is 18.2 Å². The maximum atomic E-state index is 12.5. The van der Waals surface area contributed by atoms with Gasteiger partial charge < -0.3 is 19.9 Å². The molecule has 11 heteroatoms. The van der Waals surface area contributed by atoms with Crippen LogP contribution in [-0.2, 0) is 17.7 Å². The van der Waals surface area contributed by atoms with E-state index in [2.05, 4.69) is 5.10 Å². The van der Waals surface area contributed by atoms with Crippen LogP contribution >= 0.6 is 11.6 Å². The number of benzene rings is 1. The quantitative estimate of drug-likeness (QED) is 0.781. The summed E-state index contributed by atoms with van der Waals surface area (Å²) < 4.78 is 55.3. The monoisotopic (exact) mass is 445 g/mol. The SMILES string of the molecule is NC(=O)c1nn2c(c1[C@@H]1COc3ccc(Cl)cc3C1)OCC(OCC(F)(F)F)CC2. The highest BCUT2D eigenvalue weighted by molar-refractivity contribution is 6.30. The second-order valence-corrected chi connectivity index (χ2v) is 7.70. The summed E-state index contributed by atoms with van der Waals surface area (Å²) in [6, 6.07) is 5.29. The van der Waals surface area contributed by atoms with E-state index in [4.69, 9.17) is 31.5 Å². The van der Waals surface area contributed by atoms with Crippen molar-refractivity contribution >= 4 is 17.5 Å². The van der Waals surface area contributed by atoms with Gasteiger partial charge in [-0.1, -0.05) is 11.6 Å². The number of nitrogens with two attached hydrogens (primary N) is 1. The third-order valence-electron chi connectivity index (χ3n) is 5.06. The number of halogens is 4. The van der Waals surface area contributed by atoms with Crippen LogP contribution in [-0.4, -0.2) is 47.8 Å². The summed E-state index contributed by atoms with van der Waals surface area (Å²) >= 11 is 6.08. The predicted molar refractivity (Wildman–Crippen MR) is 100 cm³/mol. The Labute approximate surface area is 174 Å². The number of fused-ring (bicyclic) bond motifs is 2. The average molecular weight is 446 g/mol. The lowest BCUT2D eigenvalue weighted by Crippen LogP contribution is -2.28. The van der Waals surface area contributed by atoms with Gasteiger partial charge >= 0.3 is 6.18 Å². The van der Waals surface area contributed by atoms with Gasteiger partial charge in [-0.3, -0.25) is 4.79 Å². The van der Waals surface area contributed by atoms with Crippen molar-refractivity contribution in [2.75, 3.05) is 19.8 Å². The minimum absolute atomic E-state index is 0.0683. The van der Waals surface area contributed by atoms with Gasteiger partial charge in [-0.05, 0) is 36.6 Å². The number of alkyl halides is 3. The summed E-state index contributed by atoms with van der Waals surface area (Å²) in [6.45, 7) is -0.946. The molecule has 0 radical (unpaired) electrons. The molecule has 30 heavy (non-hydrogen) atoms. The number of ether oxygens (including phenoxy) is 3. The van der Waals surface area contributed by atoms with E-state index < -0.39 is 24.8 Å². The summed E-state index contributed by atoms with van der Waals surface area (Å²) in [5.74, 6) is 0.0165. The van der Waals surface area contributed by atoms with E-state index in [1.807, 2.05) is 0 Å². The molecule has 2 aliphatic heterocycles. The van der Waals surface area contributed by atoms with Crippen LogP contribution in [0.1, 0.15) is 34.0 Å². The minimum Gasteiger partial charge on any atom is -0.493 e. The fraction of sp³-hybridized carbons (Fsp3) is 0.474. The molecule has 2 aromatic rings. The maximum absolute atomic E-state index is 12.5. The van der Waals surface area contributed by atoms with Crippen molar-refractivity contribution in [2.24, 2.45) is 5.73 Å². The van der Waals surface area contributed by atoms with E-state index in [-0.39, 0.29) is 37.8 Å². The van der Waals surface area contributed by atoms with Gasteiger partial charge in [-0.2, -0.15) is 18.3 Å². The molecule has 0 spiro atoms. The Bertz CT molecular complexity index is 963. The lowest BCUT2D eigenvalue weighted by molar-refractivity contribution is -0.188. The van der Waals surface area contributed by atoms with Crippen molar-refractivity contribution < 1.29 is 32.2 Å². The number of nitrogens with zero attached hydrogens (tertiary/aromatic N) is 2. The fourth-order valence-electron chi connectivity index (χ4n) is 3.73. The molecule has 162 valence electrons. The van der Waals surface area contributed by atoms with E-state index in [1.165, 1.54) is 4.68 Å². The molecule has 0 bridgehead atoms. The van der Waals surface area contributed by atoms with Gasteiger partial charge in [0.05, 0.1) is 18.3 Å². The summed E-state index contributed by atoms with van der Waals surface area (Å²) in [7, 11) is 0. The average Bonchev–Trinajstić information content (AvgIpc) is 2.93. The molecule has 1 aromatic carbocycles. The number of hydrogen-bond donors (Lipinski definition) is 1. The highest BCUT2D eigenvalue weighted by atomic mass is 35.5. The molecule has 1 aromatic heterocycles. The summed E-state index contributed by atoms with van der Waals surface area (Å²) in [5, 5.41) is 4.82. The van der Waals surface area contributed by atoms with Crippen molar-refractivity contribution in [1.82, 2.24) is 9.78 Å². The second kappa shape index (κ2) is 7.99. The molecule has 7 nitrogen and oxygen atoms in total. The number of hydrogen-bond acceptors (Lipinski definition) is 5. The standard InChI is InChI=1S/C19H19ClF3N3O4/c20-12-1-2-14-10(6-12)5-11(7-28-14)15-16(17(24)27)25-26-4-3-13(8-29-18(15)26)30-9-19(21,22)23/h1-2,6,11,13H,3-5,7-9H2,(H2,24,27)/t11-,13?/m0/s1. The third-order valence-corrected chi connectivity index (χ3v) is 5.30. The van der Waals surface area contributed by atoms with Crippen LogP contribution in [0, 0.1) is 0 Å². The van der Waals surface area contributed by atoms with Crippen LogP contribution in [0.4, 0.5) is 13.2 Å². The molecule has 0 saturated heterocycles. The Balaban J connectivity index is 1.59. The fourth-order valence-corrected chi connectivity index (χ4v) is 3.92. The van der Waals surface area contributed by atoms with Crippen LogP contribution in [0.3, 0.4) is 0 Å². The van der Waals surface area contributed by atoms with Gasteiger partial charge in [0, 0.05) is 17.5 Å². The number of aryl methyl sites for hydroxylation is 1. The molecule has 2 N–H and O–H groups in total. The molecule has 2 atom stereocenters. The van der Waals surface area contributed by atoms with E-state index in [0.29, 0.717) is 28.6 Å². The highest BCUT2D eigenvalue weighted by Gasteiger charge is 2.35. The Morgan fingerprint density at radius 2 is 2.13 bits per heavy atom. The summed E-state index contributed by atoms with van der Waals surface area (Å²) in [5.41, 5.74) is 6.96. The summed E-state index contributed by atoms with van der Waals surface area (Å²) in [4.78, 5) is 12.0. The van der Waals surface area contributed by atoms with Crippen molar-refractivity contribution in [3.8, 4) is 11.6 Å². The predicted octanol–water partition coefficient (Wildman–Crippen LogP) is 3.08. The minimum atomic E-state index is -4.42. The maximum Gasteiger partial charge on any atom is 0.411 e. The van der Waals surface area contributed by atoms with Gasteiger partial charge in [-0.15, -0.1) is 0 Å². The lowest BCUT2D eigenvalue weighted by Gasteiger charge is -2.26. The Morgan fingerprint density at radius 1 is 1.33 bits per heavy atom. The number of aromatic nitrogens is 2. The first kappa shape index (κ1) is 20.8. The van der Waals surface area contributed by atoms with Crippen LogP contribution < -0.4 is 15.2 Å². The second-order valence-electron chi connectivity index (χ2n) is 7.27. The zero-order valence-electron chi connectivity index (χ0n) is 15.7. The van der Waals surface area contributed by atoms with Crippen molar-refractivity contribution in [1.29, 1.82) is 0 Å². The number of primary amides is 1. The highest BCUT2D eigenvalue weighted by Crippen LogP contribution is 2.39. The van der Waals surface area contributed by atoms with Crippen molar-refractivity contribution in [3.05, 3.63) is 40.0 Å². The number of carbonyl (C=O) groups excluding carboxylic acids is 1. The molecular weight excluding hydrogens is 427 g/mol. The van der Waals surface area contributed by atoms with Gasteiger partial charge in [-0.25, -0.2) is 4.68 Å². The van der Waals surface area contributed by atoms with Gasteiger partial charge in [0.2, 0.25) is 5.88 Å². The molecule has 0 fully saturated rings.